The molecule has 2 rings (SSSR count). The molecule has 1 saturated heterocycles. The molecule has 7 heteroatoms. The molecular formula is C20H27ClN2O4. The van der Waals surface area contributed by atoms with Crippen LogP contribution in [0.5, 0.6) is 0 Å². The first kappa shape index (κ1) is 21.2. The van der Waals surface area contributed by atoms with E-state index in [1.165, 1.54) is 6.07 Å². The lowest BCUT2D eigenvalue weighted by Gasteiger charge is -2.32. The van der Waals surface area contributed by atoms with Gasteiger partial charge >= 0.3 is 5.97 Å². The second-order valence-corrected chi connectivity index (χ2v) is 7.70. The van der Waals surface area contributed by atoms with Crippen molar-refractivity contribution in [3.8, 4) is 0 Å². The quantitative estimate of drug-likeness (QED) is 0.690. The molecule has 0 aromatic heterocycles. The van der Waals surface area contributed by atoms with Gasteiger partial charge in [-0.1, -0.05) is 11.6 Å². The molecule has 2 amide bonds. The van der Waals surface area contributed by atoms with Crippen LogP contribution in [0.4, 0.5) is 5.69 Å². The largest absolute Gasteiger partial charge is 0.449 e. The first-order valence-electron chi connectivity index (χ1n) is 9.26. The molecule has 0 bridgehead atoms. The van der Waals surface area contributed by atoms with E-state index in [-0.39, 0.29) is 29.5 Å². The fourth-order valence-corrected chi connectivity index (χ4v) is 3.56. The van der Waals surface area contributed by atoms with E-state index in [1.807, 2.05) is 27.7 Å². The predicted octanol–water partition coefficient (Wildman–Crippen LogP) is 3.66. The lowest BCUT2D eigenvalue weighted by Crippen LogP contribution is -2.47. The number of amides is 2. The first-order valence-corrected chi connectivity index (χ1v) is 9.64. The molecule has 148 valence electrons. The van der Waals surface area contributed by atoms with Gasteiger partial charge in [-0.3, -0.25) is 9.59 Å². The Bertz CT molecular complexity index is 725. The second-order valence-electron chi connectivity index (χ2n) is 7.30. The molecule has 1 aromatic carbocycles. The molecule has 0 aliphatic carbocycles. The average Bonchev–Trinajstić information content (AvgIpc) is 3.00. The van der Waals surface area contributed by atoms with Gasteiger partial charge in [0.2, 0.25) is 5.91 Å². The van der Waals surface area contributed by atoms with E-state index in [0.717, 1.165) is 6.42 Å². The number of hydrogen-bond donors (Lipinski definition) is 0. The van der Waals surface area contributed by atoms with Gasteiger partial charge < -0.3 is 14.5 Å². The van der Waals surface area contributed by atoms with Crippen molar-refractivity contribution >= 4 is 35.1 Å². The molecule has 0 saturated carbocycles. The van der Waals surface area contributed by atoms with Crippen LogP contribution >= 0.6 is 11.6 Å². The fourth-order valence-electron chi connectivity index (χ4n) is 3.34. The maximum absolute atomic E-state index is 12.6. The number of anilines is 1. The molecule has 0 unspecified atom stereocenters. The fraction of sp³-hybridized carbons (Fsp3) is 0.550. The predicted molar refractivity (Wildman–Crippen MR) is 105 cm³/mol. The number of nitrogens with zero attached hydrogens (tertiary/aromatic N) is 2. The monoisotopic (exact) mass is 394 g/mol. The van der Waals surface area contributed by atoms with Gasteiger partial charge in [0.1, 0.15) is 0 Å². The van der Waals surface area contributed by atoms with E-state index in [1.54, 1.807) is 28.9 Å². The van der Waals surface area contributed by atoms with Crippen LogP contribution in [-0.2, 0) is 14.3 Å². The van der Waals surface area contributed by atoms with Gasteiger partial charge in [-0.2, -0.15) is 0 Å². The van der Waals surface area contributed by atoms with Crippen LogP contribution < -0.4 is 4.90 Å². The molecule has 27 heavy (non-hydrogen) atoms. The van der Waals surface area contributed by atoms with E-state index in [0.29, 0.717) is 23.7 Å². The van der Waals surface area contributed by atoms with E-state index in [4.69, 9.17) is 16.3 Å². The number of carbonyl (C=O) groups excluding carboxylic acids is 3. The third-order valence-corrected chi connectivity index (χ3v) is 4.86. The zero-order valence-corrected chi connectivity index (χ0v) is 17.2. The Balaban J connectivity index is 2.16. The van der Waals surface area contributed by atoms with Crippen LogP contribution in [0.2, 0.25) is 5.02 Å². The van der Waals surface area contributed by atoms with Crippen molar-refractivity contribution in [1.29, 1.82) is 0 Å². The Kier molecular flexibility index (Phi) is 6.87. The van der Waals surface area contributed by atoms with Gasteiger partial charge in [-0.05, 0) is 59.2 Å². The maximum Gasteiger partial charge on any atom is 0.338 e. The lowest BCUT2D eigenvalue weighted by atomic mass is 10.1. The standard InChI is InChI=1S/C20H27ClN2O4/c1-12(2)23(13(3)4)19(25)14(5)27-20(26)15-8-9-16(21)17(11-15)22-10-6-7-18(22)24/h8-9,11-14H,6-7,10H2,1-5H3/t14-/m1/s1. The minimum Gasteiger partial charge on any atom is -0.449 e. The lowest BCUT2D eigenvalue weighted by molar-refractivity contribution is -0.143. The zero-order valence-electron chi connectivity index (χ0n) is 16.5. The Morgan fingerprint density at radius 2 is 1.78 bits per heavy atom. The highest BCUT2D eigenvalue weighted by Gasteiger charge is 2.29. The highest BCUT2D eigenvalue weighted by molar-refractivity contribution is 6.34. The highest BCUT2D eigenvalue weighted by atomic mass is 35.5. The SMILES string of the molecule is CC(C)N(C(=O)[C@@H](C)OC(=O)c1ccc(Cl)c(N2CCCC2=O)c1)C(C)C. The third kappa shape index (κ3) is 4.80. The van der Waals surface area contributed by atoms with Crippen molar-refractivity contribution in [3.63, 3.8) is 0 Å². The van der Waals surface area contributed by atoms with Crippen LogP contribution in [0.25, 0.3) is 0 Å². The van der Waals surface area contributed by atoms with Crippen molar-refractivity contribution in [2.24, 2.45) is 0 Å². The van der Waals surface area contributed by atoms with Crippen LogP contribution in [0.1, 0.15) is 57.8 Å². The summed E-state index contributed by atoms with van der Waals surface area (Å²) in [7, 11) is 0. The van der Waals surface area contributed by atoms with E-state index in [2.05, 4.69) is 0 Å². The second kappa shape index (κ2) is 8.74. The summed E-state index contributed by atoms with van der Waals surface area (Å²) in [5.74, 6) is -0.874. The summed E-state index contributed by atoms with van der Waals surface area (Å²) in [6.45, 7) is 9.83. The average molecular weight is 395 g/mol. The van der Waals surface area contributed by atoms with E-state index in [9.17, 15) is 14.4 Å². The molecule has 1 aliphatic rings. The van der Waals surface area contributed by atoms with Crippen molar-refractivity contribution in [3.05, 3.63) is 28.8 Å². The van der Waals surface area contributed by atoms with Crippen LogP contribution in [0.15, 0.2) is 18.2 Å². The normalized spacial score (nSPS) is 15.4. The van der Waals surface area contributed by atoms with Crippen LogP contribution in [0, 0.1) is 0 Å². The van der Waals surface area contributed by atoms with Gasteiger partial charge in [-0.25, -0.2) is 4.79 Å². The number of hydrogen-bond acceptors (Lipinski definition) is 4. The molecule has 1 aliphatic heterocycles. The summed E-state index contributed by atoms with van der Waals surface area (Å²) >= 11 is 6.21. The smallest absolute Gasteiger partial charge is 0.338 e. The van der Waals surface area contributed by atoms with Crippen molar-refractivity contribution in [1.82, 2.24) is 4.90 Å². The van der Waals surface area contributed by atoms with Crippen molar-refractivity contribution in [2.45, 2.75) is 65.6 Å². The Hall–Kier alpha value is -2.08. The van der Waals surface area contributed by atoms with Crippen LogP contribution in [-0.4, -0.2) is 47.4 Å². The summed E-state index contributed by atoms with van der Waals surface area (Å²) in [5.41, 5.74) is 0.757. The molecule has 1 heterocycles. The number of benzene rings is 1. The number of halogens is 1. The Labute approximate surface area is 165 Å². The Morgan fingerprint density at radius 3 is 2.30 bits per heavy atom. The highest BCUT2D eigenvalue weighted by Crippen LogP contribution is 2.30. The topological polar surface area (TPSA) is 66.9 Å². The molecular weight excluding hydrogens is 368 g/mol. The molecule has 1 aromatic rings. The van der Waals surface area contributed by atoms with Gasteiger partial charge in [0.05, 0.1) is 16.3 Å². The summed E-state index contributed by atoms with van der Waals surface area (Å²) in [6.07, 6.45) is 0.321. The third-order valence-electron chi connectivity index (χ3n) is 4.54. The van der Waals surface area contributed by atoms with Gasteiger partial charge in [0.15, 0.2) is 6.10 Å². The van der Waals surface area contributed by atoms with Crippen molar-refractivity contribution in [2.75, 3.05) is 11.4 Å². The molecule has 0 radical (unpaired) electrons. The summed E-state index contributed by atoms with van der Waals surface area (Å²) in [4.78, 5) is 40.4. The number of carbonyl (C=O) groups is 3. The Morgan fingerprint density at radius 1 is 1.15 bits per heavy atom. The first-order chi connectivity index (χ1) is 12.6. The molecule has 6 nitrogen and oxygen atoms in total. The van der Waals surface area contributed by atoms with Gasteiger partial charge in [0.25, 0.3) is 5.91 Å². The zero-order chi connectivity index (χ0) is 20.3. The van der Waals surface area contributed by atoms with Crippen molar-refractivity contribution < 1.29 is 19.1 Å². The minimum absolute atomic E-state index is 0.00182. The summed E-state index contributed by atoms with van der Waals surface area (Å²) < 4.78 is 5.39. The van der Waals surface area contributed by atoms with Crippen LogP contribution in [0.3, 0.4) is 0 Å². The maximum atomic E-state index is 12.6. The van der Waals surface area contributed by atoms with Gasteiger partial charge in [-0.15, -0.1) is 0 Å². The van der Waals surface area contributed by atoms with E-state index >= 15 is 0 Å². The minimum atomic E-state index is -0.908. The molecule has 1 atom stereocenters. The summed E-state index contributed by atoms with van der Waals surface area (Å²) in [6, 6.07) is 4.66. The number of ether oxygens (including phenoxy) is 1. The van der Waals surface area contributed by atoms with E-state index < -0.39 is 12.1 Å². The van der Waals surface area contributed by atoms with Gasteiger partial charge in [0, 0.05) is 25.0 Å². The molecule has 1 fully saturated rings. The summed E-state index contributed by atoms with van der Waals surface area (Å²) in [5, 5.41) is 0.400. The molecule has 0 N–H and O–H groups in total. The number of rotatable bonds is 6. The molecule has 0 spiro atoms. The number of esters is 1.